The minimum atomic E-state index is -0.861. The molecule has 0 radical (unpaired) electrons. The average molecular weight is 615 g/mol. The molecule has 0 spiro atoms. The Morgan fingerprint density at radius 2 is 0.857 bits per heavy atom. The molecule has 4 aromatic heterocycles. The molecular weight excluding hydrogens is 603 g/mol. The summed E-state index contributed by atoms with van der Waals surface area (Å²) in [4.78, 5) is 49.1. The Bertz CT molecular complexity index is 2010. The van der Waals surface area contributed by atoms with Crippen molar-refractivity contribution >= 4 is 90.4 Å². The second kappa shape index (κ2) is 10.7. The van der Waals surface area contributed by atoms with Crippen LogP contribution in [-0.4, -0.2) is 29.7 Å². The summed E-state index contributed by atoms with van der Waals surface area (Å²) in [6.07, 6.45) is 0. The van der Waals surface area contributed by atoms with Crippen LogP contribution in [0.1, 0.15) is 0 Å². The number of non-ortho nitro benzene ring substituents is 4. The molecule has 2 N–H and O–H groups in total. The lowest BCUT2D eigenvalue weighted by Gasteiger charge is -2.02. The lowest BCUT2D eigenvalue weighted by molar-refractivity contribution is -0.392. The van der Waals surface area contributed by atoms with Crippen molar-refractivity contribution in [1.82, 2.24) is 9.97 Å². The van der Waals surface area contributed by atoms with Gasteiger partial charge in [-0.1, -0.05) is 23.2 Å². The molecule has 4 aromatic carbocycles. The van der Waals surface area contributed by atoms with Gasteiger partial charge >= 0.3 is 11.4 Å². The molecule has 18 heteroatoms. The summed E-state index contributed by atoms with van der Waals surface area (Å²) in [5, 5.41) is 46.9. The van der Waals surface area contributed by atoms with Crippen molar-refractivity contribution in [1.29, 1.82) is 0 Å². The first kappa shape index (κ1) is 27.8. The number of nitro benzene ring substituents is 4. The van der Waals surface area contributed by atoms with E-state index >= 15 is 0 Å². The van der Waals surface area contributed by atoms with Crippen LogP contribution in [0, 0.1) is 40.5 Å². The molecule has 0 unspecified atom stereocenters. The van der Waals surface area contributed by atoms with Crippen LogP contribution in [0.15, 0.2) is 69.5 Å². The zero-order valence-corrected chi connectivity index (χ0v) is 21.9. The zero-order valence-electron chi connectivity index (χ0n) is 20.4. The molecule has 0 aliphatic rings. The first-order valence-corrected chi connectivity index (χ1v) is 12.1. The van der Waals surface area contributed by atoms with Crippen LogP contribution < -0.4 is 0 Å². The largest absolute Gasteiger partial charge is 0.450 e. The molecule has 0 saturated heterocycles. The van der Waals surface area contributed by atoms with Crippen LogP contribution >= 0.6 is 23.2 Å². The summed E-state index contributed by atoms with van der Waals surface area (Å²) in [5.74, 6) is 0. The summed E-state index contributed by atoms with van der Waals surface area (Å²) in [6.45, 7) is 0. The zero-order chi connectivity index (χ0) is 30.3. The first-order valence-electron chi connectivity index (χ1n) is 11.3. The van der Waals surface area contributed by atoms with E-state index in [4.69, 9.17) is 32.0 Å². The number of aromatic amines is 2. The van der Waals surface area contributed by atoms with Gasteiger partial charge in [-0.05, 0) is 24.3 Å². The third-order valence-corrected chi connectivity index (χ3v) is 6.44. The smallest absolute Gasteiger partial charge is 0.318 e. The van der Waals surface area contributed by atoms with Crippen molar-refractivity contribution in [3.05, 3.63) is 111 Å². The summed E-state index contributed by atoms with van der Waals surface area (Å²) in [7, 11) is 0. The topological polar surface area (TPSA) is 230 Å². The van der Waals surface area contributed by atoms with E-state index in [2.05, 4.69) is 9.97 Å². The van der Waals surface area contributed by atoms with Gasteiger partial charge in [0.05, 0.1) is 40.8 Å². The molecule has 8 bridgehead atoms. The SMILES string of the molecule is O=[N+]([O-])c1cc([N+](=O)[O-])c2cc1[nH]c1ccc(cc1Cl)oc1cc([nH]c3ccc(cc3Cl)o2)c([N+](=O)[O-])cc1[N+](=O)[O-]. The molecular formula is C24H12Cl2N6O10. The van der Waals surface area contributed by atoms with Crippen LogP contribution in [-0.2, 0) is 0 Å². The van der Waals surface area contributed by atoms with Crippen molar-refractivity contribution in [2.45, 2.75) is 0 Å². The highest BCUT2D eigenvalue weighted by Crippen LogP contribution is 2.33. The predicted octanol–water partition coefficient (Wildman–Crippen LogP) is 7.89. The highest BCUT2D eigenvalue weighted by molar-refractivity contribution is 6.34. The van der Waals surface area contributed by atoms with Gasteiger partial charge in [0.2, 0.25) is 11.2 Å². The molecule has 0 saturated carbocycles. The van der Waals surface area contributed by atoms with Gasteiger partial charge in [-0.15, -0.1) is 0 Å². The van der Waals surface area contributed by atoms with Crippen molar-refractivity contribution in [3.63, 3.8) is 0 Å². The summed E-state index contributed by atoms with van der Waals surface area (Å²) in [6, 6.07) is 11.3. The van der Waals surface area contributed by atoms with Crippen LogP contribution in [0.25, 0.3) is 44.4 Å². The van der Waals surface area contributed by atoms with Crippen molar-refractivity contribution in [3.8, 4) is 0 Å². The Hall–Kier alpha value is -5.74. The summed E-state index contributed by atoms with van der Waals surface area (Å²) >= 11 is 12.7. The Morgan fingerprint density at radius 1 is 0.500 bits per heavy atom. The lowest BCUT2D eigenvalue weighted by Crippen LogP contribution is -1.95. The number of hydrogen-bond donors (Lipinski definition) is 2. The number of hydrogen-bond acceptors (Lipinski definition) is 10. The fourth-order valence-electron chi connectivity index (χ4n) is 3.93. The highest BCUT2D eigenvalue weighted by Gasteiger charge is 2.23. The quantitative estimate of drug-likeness (QED) is 0.146. The van der Waals surface area contributed by atoms with Crippen molar-refractivity contribution in [2.24, 2.45) is 0 Å². The Labute approximate surface area is 239 Å². The second-order valence-corrected chi connectivity index (χ2v) is 9.25. The number of nitrogens with zero attached hydrogens (tertiary/aromatic N) is 4. The number of rotatable bonds is 4. The maximum absolute atomic E-state index is 11.8. The number of halogens is 2. The standard InChI is InChI=1S/C24H12Cl2N6O10/c25-13-5-11-1-3-15(13)27-17-8-24(22(32(39)40)10-19(17)29(33)34)42-12-2-4-16(14(26)6-12)28-18-7-23(41-11)21(31(37)38)9-20(18)30(35)36/h1-10,27-28H. The Kier molecular flexibility index (Phi) is 7.07. The first-order chi connectivity index (χ1) is 19.9. The van der Waals surface area contributed by atoms with Gasteiger partial charge in [-0.2, -0.15) is 0 Å². The van der Waals surface area contributed by atoms with Crippen LogP contribution in [0.5, 0.6) is 0 Å². The summed E-state index contributed by atoms with van der Waals surface area (Å²) in [5.41, 5.74) is -3.80. The lowest BCUT2D eigenvalue weighted by atomic mass is 10.2. The monoisotopic (exact) mass is 614 g/mol. The molecule has 4 heterocycles. The Balaban J connectivity index is 2.04. The maximum Gasteiger partial charge on any atom is 0.318 e. The molecule has 8 aromatic rings. The minimum absolute atomic E-state index is 0.0285. The highest BCUT2D eigenvalue weighted by atomic mass is 35.5. The van der Waals surface area contributed by atoms with E-state index in [1.165, 1.54) is 36.4 Å². The predicted molar refractivity (Wildman–Crippen MR) is 150 cm³/mol. The molecule has 0 amide bonds. The van der Waals surface area contributed by atoms with Gasteiger partial charge in [-0.3, -0.25) is 40.5 Å². The number of nitro groups is 4. The van der Waals surface area contributed by atoms with E-state index in [9.17, 15) is 40.5 Å². The number of H-pyrrole nitrogens is 2. The molecule has 0 aliphatic carbocycles. The fourth-order valence-corrected chi connectivity index (χ4v) is 4.37. The minimum Gasteiger partial charge on any atom is -0.450 e. The number of nitrogens with one attached hydrogen (secondary N) is 2. The van der Waals surface area contributed by atoms with Crippen LogP contribution in [0.2, 0.25) is 10.0 Å². The van der Waals surface area contributed by atoms with Crippen LogP contribution in [0.3, 0.4) is 0 Å². The van der Waals surface area contributed by atoms with E-state index in [0.717, 1.165) is 12.1 Å². The third kappa shape index (κ3) is 5.34. The molecule has 212 valence electrons. The molecule has 8 rings (SSSR count). The second-order valence-electron chi connectivity index (χ2n) is 8.44. The molecule has 16 nitrogen and oxygen atoms in total. The van der Waals surface area contributed by atoms with E-state index in [-0.39, 0.29) is 54.4 Å². The van der Waals surface area contributed by atoms with E-state index in [1.54, 1.807) is 0 Å². The molecule has 0 fully saturated rings. The van der Waals surface area contributed by atoms with E-state index in [0.29, 0.717) is 12.1 Å². The van der Waals surface area contributed by atoms with Crippen molar-refractivity contribution in [2.75, 3.05) is 0 Å². The van der Waals surface area contributed by atoms with Gasteiger partial charge in [0.1, 0.15) is 34.3 Å². The fraction of sp³-hybridized carbons (Fsp3) is 0. The average Bonchev–Trinajstić information content (AvgIpc) is 2.90. The van der Waals surface area contributed by atoms with Crippen molar-refractivity contribution < 1.29 is 28.5 Å². The molecule has 42 heavy (non-hydrogen) atoms. The Morgan fingerprint density at radius 3 is 1.17 bits per heavy atom. The third-order valence-electron chi connectivity index (χ3n) is 5.82. The molecule has 0 aliphatic heterocycles. The number of aromatic nitrogens is 2. The van der Waals surface area contributed by atoms with Gasteiger partial charge in [-0.25, -0.2) is 0 Å². The van der Waals surface area contributed by atoms with Gasteiger partial charge in [0.25, 0.3) is 11.4 Å². The van der Waals surface area contributed by atoms with Gasteiger partial charge in [0.15, 0.2) is 0 Å². The van der Waals surface area contributed by atoms with Gasteiger partial charge < -0.3 is 18.8 Å². The molecule has 0 atom stereocenters. The maximum atomic E-state index is 11.8. The van der Waals surface area contributed by atoms with E-state index in [1.807, 2.05) is 0 Å². The van der Waals surface area contributed by atoms with Crippen LogP contribution in [0.4, 0.5) is 22.7 Å². The normalized spacial score (nSPS) is 10.9. The van der Waals surface area contributed by atoms with Gasteiger partial charge in [0, 0.05) is 24.3 Å². The number of benzene rings is 4. The van der Waals surface area contributed by atoms with E-state index < -0.39 is 42.4 Å². The summed E-state index contributed by atoms with van der Waals surface area (Å²) < 4.78 is 11.4.